The summed E-state index contributed by atoms with van der Waals surface area (Å²) in [5, 5.41) is 18.1. The number of aromatic nitrogens is 1. The summed E-state index contributed by atoms with van der Waals surface area (Å²) in [6.45, 7) is 0. The highest BCUT2D eigenvalue weighted by atomic mass is 35.5. The lowest BCUT2D eigenvalue weighted by Crippen LogP contribution is -2.22. The van der Waals surface area contributed by atoms with E-state index in [1.807, 2.05) is 12.1 Å². The highest BCUT2D eigenvalue weighted by Gasteiger charge is 2.28. The molecule has 0 amide bonds. The van der Waals surface area contributed by atoms with Crippen LogP contribution in [-0.2, 0) is 6.42 Å². The number of hydrogen-bond donors (Lipinski definition) is 0. The van der Waals surface area contributed by atoms with Gasteiger partial charge in [-0.3, -0.25) is 0 Å². The molecule has 1 atom stereocenters. The molecule has 0 aliphatic rings. The summed E-state index contributed by atoms with van der Waals surface area (Å²) in [6, 6.07) is 5.45. The first-order valence-electron chi connectivity index (χ1n) is 4.89. The average molecular weight is 323 g/mol. The molecule has 0 fully saturated rings. The van der Waals surface area contributed by atoms with Crippen LogP contribution in [0.3, 0.4) is 0 Å². The third-order valence-electron chi connectivity index (χ3n) is 2.26. The van der Waals surface area contributed by atoms with Crippen molar-refractivity contribution in [2.75, 3.05) is 0 Å². The number of pyridine rings is 1. The summed E-state index contributed by atoms with van der Waals surface area (Å²) < 4.78 is 0. The molecule has 1 heterocycles. The van der Waals surface area contributed by atoms with Crippen molar-refractivity contribution >= 4 is 46.4 Å². The van der Waals surface area contributed by atoms with E-state index in [0.717, 1.165) is 0 Å². The zero-order chi connectivity index (χ0) is 13.8. The van der Waals surface area contributed by atoms with E-state index in [1.54, 1.807) is 0 Å². The fourth-order valence-electron chi connectivity index (χ4n) is 1.35. The Hall–Kier alpha value is -0.710. The van der Waals surface area contributed by atoms with Gasteiger partial charge in [-0.15, -0.1) is 11.6 Å². The molecule has 0 aromatic carbocycles. The van der Waals surface area contributed by atoms with E-state index < -0.39 is 4.87 Å². The first-order chi connectivity index (χ1) is 8.41. The molecule has 0 N–H and O–H groups in total. The van der Waals surface area contributed by atoms with Crippen molar-refractivity contribution in [1.82, 2.24) is 4.98 Å². The lowest BCUT2D eigenvalue weighted by atomic mass is 9.96. The summed E-state index contributed by atoms with van der Waals surface area (Å²) >= 11 is 23.6. The monoisotopic (exact) mass is 321 g/mol. The Morgan fingerprint density at radius 2 is 1.89 bits per heavy atom. The summed E-state index contributed by atoms with van der Waals surface area (Å²) in [5.41, 5.74) is 0.528. The first-order valence-corrected chi connectivity index (χ1v) is 6.40. The molecule has 1 aromatic rings. The molecule has 3 nitrogen and oxygen atoms in total. The Morgan fingerprint density at radius 3 is 2.44 bits per heavy atom. The Labute approximate surface area is 125 Å². The SMILES string of the molecule is N#CCCC(Cl)(C#N)Cc1cc(Cl)c(Cl)nc1Cl. The Morgan fingerprint density at radius 1 is 1.22 bits per heavy atom. The van der Waals surface area contributed by atoms with Crippen molar-refractivity contribution in [3.8, 4) is 12.1 Å². The zero-order valence-electron chi connectivity index (χ0n) is 9.05. The third-order valence-corrected chi connectivity index (χ3v) is 3.67. The maximum atomic E-state index is 9.07. The van der Waals surface area contributed by atoms with Gasteiger partial charge in [0, 0.05) is 12.8 Å². The van der Waals surface area contributed by atoms with Gasteiger partial charge >= 0.3 is 0 Å². The van der Waals surface area contributed by atoms with Crippen molar-refractivity contribution in [3.63, 3.8) is 0 Å². The summed E-state index contributed by atoms with van der Waals surface area (Å²) in [5.74, 6) is 0. The second-order valence-electron chi connectivity index (χ2n) is 3.62. The molecular formula is C11H7Cl4N3. The van der Waals surface area contributed by atoms with E-state index in [2.05, 4.69) is 4.98 Å². The molecule has 1 unspecified atom stereocenters. The van der Waals surface area contributed by atoms with Crippen molar-refractivity contribution in [2.45, 2.75) is 24.1 Å². The second kappa shape index (κ2) is 6.45. The third kappa shape index (κ3) is 3.90. The van der Waals surface area contributed by atoms with Gasteiger partial charge < -0.3 is 0 Å². The maximum Gasteiger partial charge on any atom is 0.149 e. The first kappa shape index (κ1) is 15.3. The fourth-order valence-corrected chi connectivity index (χ4v) is 2.15. The number of nitrogens with zero attached hydrogens (tertiary/aromatic N) is 3. The van der Waals surface area contributed by atoms with Crippen LogP contribution in [0.4, 0.5) is 0 Å². The van der Waals surface area contributed by atoms with E-state index >= 15 is 0 Å². The summed E-state index contributed by atoms with van der Waals surface area (Å²) in [4.78, 5) is 2.64. The van der Waals surface area contributed by atoms with Gasteiger partial charge in [0.25, 0.3) is 0 Å². The van der Waals surface area contributed by atoms with Crippen LogP contribution in [0.25, 0.3) is 0 Å². The number of nitriles is 2. The van der Waals surface area contributed by atoms with Crippen molar-refractivity contribution in [2.24, 2.45) is 0 Å². The molecule has 0 saturated carbocycles. The van der Waals surface area contributed by atoms with Crippen LogP contribution in [0.15, 0.2) is 6.07 Å². The molecule has 18 heavy (non-hydrogen) atoms. The molecule has 0 aliphatic heterocycles. The standard InChI is InChI=1S/C11H7Cl4N3/c12-8-4-7(9(13)18-10(8)14)5-11(15,6-17)2-1-3-16/h4H,1-2,5H2. The van der Waals surface area contributed by atoms with Gasteiger partial charge in [-0.05, 0) is 18.1 Å². The molecular weight excluding hydrogens is 316 g/mol. The Kier molecular flexibility index (Phi) is 5.50. The van der Waals surface area contributed by atoms with Gasteiger partial charge in [0.2, 0.25) is 0 Å². The number of hydrogen-bond acceptors (Lipinski definition) is 3. The molecule has 0 aliphatic carbocycles. The molecule has 1 rings (SSSR count). The normalized spacial score (nSPS) is 13.4. The zero-order valence-corrected chi connectivity index (χ0v) is 12.1. The van der Waals surface area contributed by atoms with Crippen LogP contribution < -0.4 is 0 Å². The van der Waals surface area contributed by atoms with Crippen molar-refractivity contribution < 1.29 is 0 Å². The minimum atomic E-state index is -1.20. The fraction of sp³-hybridized carbons (Fsp3) is 0.364. The quantitative estimate of drug-likeness (QED) is 0.610. The number of rotatable bonds is 4. The van der Waals surface area contributed by atoms with Gasteiger partial charge in [-0.1, -0.05) is 34.8 Å². The molecule has 0 bridgehead atoms. The van der Waals surface area contributed by atoms with Crippen LogP contribution in [-0.4, -0.2) is 9.86 Å². The Bertz CT molecular complexity index is 532. The summed E-state index contributed by atoms with van der Waals surface area (Å²) in [7, 11) is 0. The van der Waals surface area contributed by atoms with E-state index in [9.17, 15) is 0 Å². The molecule has 7 heteroatoms. The molecule has 1 aromatic heterocycles. The Balaban J connectivity index is 3.00. The van der Waals surface area contributed by atoms with E-state index in [1.165, 1.54) is 6.07 Å². The van der Waals surface area contributed by atoms with Crippen LogP contribution in [0.5, 0.6) is 0 Å². The molecule has 0 radical (unpaired) electrons. The number of alkyl halides is 1. The summed E-state index contributed by atoms with van der Waals surface area (Å²) in [6.07, 6.45) is 0.566. The van der Waals surface area contributed by atoms with Gasteiger partial charge in [0.15, 0.2) is 0 Å². The van der Waals surface area contributed by atoms with Crippen molar-refractivity contribution in [3.05, 3.63) is 27.0 Å². The molecule has 94 valence electrons. The maximum absolute atomic E-state index is 9.07. The van der Waals surface area contributed by atoms with Gasteiger partial charge in [0.05, 0.1) is 17.2 Å². The lowest BCUT2D eigenvalue weighted by molar-refractivity contribution is 0.648. The molecule has 0 saturated heterocycles. The largest absolute Gasteiger partial charge is 0.223 e. The van der Waals surface area contributed by atoms with Gasteiger partial charge in [-0.25, -0.2) is 4.98 Å². The van der Waals surface area contributed by atoms with Crippen LogP contribution in [0.2, 0.25) is 15.3 Å². The van der Waals surface area contributed by atoms with Gasteiger partial charge in [-0.2, -0.15) is 10.5 Å². The average Bonchev–Trinajstić information content (AvgIpc) is 2.33. The second-order valence-corrected chi connectivity index (χ2v) is 5.47. The predicted octanol–water partition coefficient (Wildman–Crippen LogP) is 4.39. The van der Waals surface area contributed by atoms with Crippen molar-refractivity contribution in [1.29, 1.82) is 10.5 Å². The predicted molar refractivity (Wildman–Crippen MR) is 72.0 cm³/mol. The van der Waals surface area contributed by atoms with Gasteiger partial charge in [0.1, 0.15) is 15.2 Å². The van der Waals surface area contributed by atoms with Crippen LogP contribution >= 0.6 is 46.4 Å². The highest BCUT2D eigenvalue weighted by molar-refractivity contribution is 6.42. The van der Waals surface area contributed by atoms with E-state index in [-0.39, 0.29) is 34.6 Å². The topological polar surface area (TPSA) is 60.5 Å². The minimum Gasteiger partial charge on any atom is -0.223 e. The number of halogens is 4. The highest BCUT2D eigenvalue weighted by Crippen LogP contribution is 2.32. The van der Waals surface area contributed by atoms with E-state index in [0.29, 0.717) is 5.56 Å². The smallest absolute Gasteiger partial charge is 0.149 e. The van der Waals surface area contributed by atoms with Crippen LogP contribution in [0.1, 0.15) is 18.4 Å². The lowest BCUT2D eigenvalue weighted by Gasteiger charge is -2.18. The van der Waals surface area contributed by atoms with Crippen LogP contribution in [0, 0.1) is 22.7 Å². The van der Waals surface area contributed by atoms with E-state index in [4.69, 9.17) is 56.9 Å². The molecule has 0 spiro atoms. The minimum absolute atomic E-state index is 0.0968.